The van der Waals surface area contributed by atoms with Crippen molar-refractivity contribution in [3.63, 3.8) is 0 Å². The number of rotatable bonds is 9. The summed E-state index contributed by atoms with van der Waals surface area (Å²) in [5.41, 5.74) is 6.07. The molecular weight excluding hydrogens is 326 g/mol. The Bertz CT molecular complexity index is 579. The molecule has 0 unspecified atom stereocenters. The Morgan fingerprint density at radius 1 is 1.20 bits per heavy atom. The van der Waals surface area contributed by atoms with Gasteiger partial charge >= 0.3 is 6.09 Å². The van der Waals surface area contributed by atoms with Crippen molar-refractivity contribution in [2.24, 2.45) is 11.7 Å². The van der Waals surface area contributed by atoms with E-state index in [2.05, 4.69) is 10.6 Å². The first kappa shape index (κ1) is 20.4. The summed E-state index contributed by atoms with van der Waals surface area (Å²) < 4.78 is 5.00. The summed E-state index contributed by atoms with van der Waals surface area (Å²) in [6.45, 7) is 3.02. The molecule has 1 aromatic carbocycles. The van der Waals surface area contributed by atoms with Crippen LogP contribution in [-0.2, 0) is 20.9 Å². The van der Waals surface area contributed by atoms with Crippen molar-refractivity contribution in [2.45, 2.75) is 39.0 Å². The fraction of sp³-hybridized carbons (Fsp3) is 0.471. The first-order valence-electron chi connectivity index (χ1n) is 8.06. The number of nitrogens with one attached hydrogen (secondary N) is 2. The number of carbonyl (C=O) groups is 3. The molecular formula is C17H25N3O5. The second-order valence-corrected chi connectivity index (χ2v) is 5.72. The highest BCUT2D eigenvalue weighted by Crippen LogP contribution is 2.07. The average molecular weight is 351 g/mol. The number of carbonyl (C=O) groups excluding carboxylic acids is 3. The van der Waals surface area contributed by atoms with Crippen LogP contribution in [0, 0.1) is 5.92 Å². The third kappa shape index (κ3) is 6.80. The van der Waals surface area contributed by atoms with E-state index in [0.29, 0.717) is 6.42 Å². The molecule has 0 aliphatic rings. The lowest BCUT2D eigenvalue weighted by molar-refractivity contribution is -0.130. The zero-order chi connectivity index (χ0) is 18.8. The average Bonchev–Trinajstić information content (AvgIpc) is 2.62. The van der Waals surface area contributed by atoms with Crippen molar-refractivity contribution in [3.8, 4) is 0 Å². The first-order valence-corrected chi connectivity index (χ1v) is 8.06. The van der Waals surface area contributed by atoms with Gasteiger partial charge in [-0.3, -0.25) is 9.59 Å². The van der Waals surface area contributed by atoms with Gasteiger partial charge in [0.1, 0.15) is 18.7 Å². The molecule has 0 saturated carbocycles. The quantitative estimate of drug-likeness (QED) is 0.508. The molecule has 0 saturated heterocycles. The van der Waals surface area contributed by atoms with Gasteiger partial charge in [-0.2, -0.15) is 0 Å². The predicted octanol–water partition coefficient (Wildman–Crippen LogP) is 0.290. The van der Waals surface area contributed by atoms with E-state index >= 15 is 0 Å². The third-order valence-electron chi connectivity index (χ3n) is 3.82. The van der Waals surface area contributed by atoms with Crippen LogP contribution in [0.25, 0.3) is 0 Å². The second-order valence-electron chi connectivity index (χ2n) is 5.72. The molecule has 25 heavy (non-hydrogen) atoms. The molecule has 0 aromatic heterocycles. The topological polar surface area (TPSA) is 131 Å². The van der Waals surface area contributed by atoms with Crippen LogP contribution in [0.3, 0.4) is 0 Å². The molecule has 5 N–H and O–H groups in total. The van der Waals surface area contributed by atoms with Crippen molar-refractivity contribution in [3.05, 3.63) is 35.9 Å². The summed E-state index contributed by atoms with van der Waals surface area (Å²) in [7, 11) is 0. The van der Waals surface area contributed by atoms with Crippen molar-refractivity contribution in [1.82, 2.24) is 10.6 Å². The highest BCUT2D eigenvalue weighted by molar-refractivity contribution is 5.90. The molecule has 0 aliphatic heterocycles. The normalized spacial score (nSPS) is 14.0. The van der Waals surface area contributed by atoms with E-state index in [0.717, 1.165) is 5.56 Å². The van der Waals surface area contributed by atoms with Crippen LogP contribution in [-0.4, -0.2) is 41.7 Å². The number of hydrogen-bond donors (Lipinski definition) is 4. The number of nitrogens with two attached hydrogens (primary N) is 1. The van der Waals surface area contributed by atoms with Gasteiger partial charge in [0.15, 0.2) is 0 Å². The van der Waals surface area contributed by atoms with Gasteiger partial charge in [0.2, 0.25) is 11.8 Å². The molecule has 0 fully saturated rings. The van der Waals surface area contributed by atoms with Gasteiger partial charge in [0.05, 0.1) is 6.61 Å². The maximum absolute atomic E-state index is 12.2. The van der Waals surface area contributed by atoms with E-state index in [-0.39, 0.29) is 12.5 Å². The van der Waals surface area contributed by atoms with Crippen molar-refractivity contribution < 1.29 is 24.2 Å². The zero-order valence-corrected chi connectivity index (χ0v) is 14.4. The minimum absolute atomic E-state index is 0.0310. The van der Waals surface area contributed by atoms with E-state index in [4.69, 9.17) is 10.5 Å². The Morgan fingerprint density at radius 2 is 1.84 bits per heavy atom. The van der Waals surface area contributed by atoms with Gasteiger partial charge in [0.25, 0.3) is 0 Å². The zero-order valence-electron chi connectivity index (χ0n) is 14.4. The van der Waals surface area contributed by atoms with E-state index in [9.17, 15) is 19.5 Å². The molecule has 0 heterocycles. The van der Waals surface area contributed by atoms with Gasteiger partial charge in [-0.05, 0) is 11.5 Å². The molecule has 3 amide bonds. The van der Waals surface area contributed by atoms with Crippen LogP contribution in [0.2, 0.25) is 0 Å². The van der Waals surface area contributed by atoms with E-state index in [1.807, 2.05) is 13.0 Å². The fourth-order valence-electron chi connectivity index (χ4n) is 2.08. The van der Waals surface area contributed by atoms with Crippen molar-refractivity contribution in [2.75, 3.05) is 6.61 Å². The lowest BCUT2D eigenvalue weighted by Crippen LogP contribution is -2.56. The van der Waals surface area contributed by atoms with E-state index in [1.54, 1.807) is 31.2 Å². The highest BCUT2D eigenvalue weighted by Gasteiger charge is 2.28. The van der Waals surface area contributed by atoms with Gasteiger partial charge < -0.3 is 26.2 Å². The van der Waals surface area contributed by atoms with Gasteiger partial charge in [-0.1, -0.05) is 50.6 Å². The van der Waals surface area contributed by atoms with Crippen LogP contribution in [0.4, 0.5) is 4.79 Å². The fourth-order valence-corrected chi connectivity index (χ4v) is 2.08. The molecule has 0 bridgehead atoms. The molecule has 0 spiro atoms. The van der Waals surface area contributed by atoms with Gasteiger partial charge in [-0.15, -0.1) is 0 Å². The highest BCUT2D eigenvalue weighted by atomic mass is 16.5. The molecule has 3 atom stereocenters. The van der Waals surface area contributed by atoms with Crippen molar-refractivity contribution >= 4 is 17.9 Å². The molecule has 1 rings (SSSR count). The standard InChI is InChI=1S/C17H25N3O5/c1-3-11(2)14(15(18)22)20-16(23)13(9-21)19-17(24)25-10-12-7-5-4-6-8-12/h4-8,11,13-14,21H,3,9-10H2,1-2H3,(H2,18,22)(H,19,24)(H,20,23)/t11-,13+,14-/m0/s1. The summed E-state index contributed by atoms with van der Waals surface area (Å²) >= 11 is 0. The minimum Gasteiger partial charge on any atom is -0.445 e. The summed E-state index contributed by atoms with van der Waals surface area (Å²) in [5.74, 6) is -1.56. The lowest BCUT2D eigenvalue weighted by atomic mass is 9.98. The van der Waals surface area contributed by atoms with Crippen LogP contribution in [0.15, 0.2) is 30.3 Å². The summed E-state index contributed by atoms with van der Waals surface area (Å²) in [5, 5.41) is 14.0. The number of alkyl carbamates (subject to hydrolysis) is 1. The Hall–Kier alpha value is -2.61. The Balaban J connectivity index is 2.57. The monoisotopic (exact) mass is 351 g/mol. The molecule has 8 heteroatoms. The first-order chi connectivity index (χ1) is 11.9. The van der Waals surface area contributed by atoms with Crippen LogP contribution < -0.4 is 16.4 Å². The molecule has 138 valence electrons. The molecule has 8 nitrogen and oxygen atoms in total. The van der Waals surface area contributed by atoms with E-state index in [1.165, 1.54) is 0 Å². The van der Waals surface area contributed by atoms with Crippen LogP contribution in [0.5, 0.6) is 0 Å². The SMILES string of the molecule is CC[C@H](C)[C@H](NC(=O)[C@@H](CO)NC(=O)OCc1ccccc1)C(N)=O. The number of aliphatic hydroxyl groups is 1. The Morgan fingerprint density at radius 3 is 2.36 bits per heavy atom. The summed E-state index contributed by atoms with van der Waals surface area (Å²) in [6, 6.07) is 6.89. The number of aliphatic hydroxyl groups excluding tert-OH is 1. The Labute approximate surface area is 146 Å². The molecule has 0 radical (unpaired) electrons. The number of benzene rings is 1. The van der Waals surface area contributed by atoms with Crippen molar-refractivity contribution in [1.29, 1.82) is 0 Å². The van der Waals surface area contributed by atoms with Gasteiger partial charge in [0, 0.05) is 0 Å². The number of ether oxygens (including phenoxy) is 1. The molecule has 0 aliphatic carbocycles. The Kier molecular flexibility index (Phi) is 8.42. The molecule has 1 aromatic rings. The van der Waals surface area contributed by atoms with Crippen LogP contribution in [0.1, 0.15) is 25.8 Å². The second kappa shape index (κ2) is 10.3. The predicted molar refractivity (Wildman–Crippen MR) is 91.2 cm³/mol. The summed E-state index contributed by atoms with van der Waals surface area (Å²) in [6.07, 6.45) is -0.221. The maximum Gasteiger partial charge on any atom is 0.408 e. The summed E-state index contributed by atoms with van der Waals surface area (Å²) in [4.78, 5) is 35.4. The van der Waals surface area contributed by atoms with Crippen LogP contribution >= 0.6 is 0 Å². The smallest absolute Gasteiger partial charge is 0.408 e. The lowest BCUT2D eigenvalue weighted by Gasteiger charge is -2.24. The van der Waals surface area contributed by atoms with Gasteiger partial charge in [-0.25, -0.2) is 4.79 Å². The number of amides is 3. The van der Waals surface area contributed by atoms with E-state index < -0.39 is 36.6 Å². The number of hydrogen-bond acceptors (Lipinski definition) is 5. The maximum atomic E-state index is 12.2. The number of primary amides is 1. The third-order valence-corrected chi connectivity index (χ3v) is 3.82. The minimum atomic E-state index is -1.24. The largest absolute Gasteiger partial charge is 0.445 e.